The van der Waals surface area contributed by atoms with Crippen LogP contribution in [0.15, 0.2) is 30.3 Å². The number of carbonyl (C=O) groups excluding carboxylic acids is 1. The Morgan fingerprint density at radius 3 is 2.78 bits per heavy atom. The molecule has 1 N–H and O–H groups in total. The minimum Gasteiger partial charge on any atom is -0.385 e. The van der Waals surface area contributed by atoms with Gasteiger partial charge in [0, 0.05) is 31.9 Å². The molecule has 1 aromatic heterocycles. The molecule has 0 saturated heterocycles. The first-order valence-corrected chi connectivity index (χ1v) is 7.82. The van der Waals surface area contributed by atoms with Crippen molar-refractivity contribution < 1.29 is 13.9 Å². The van der Waals surface area contributed by atoms with Crippen molar-refractivity contribution in [2.45, 2.75) is 25.2 Å². The highest BCUT2D eigenvalue weighted by Gasteiger charge is 2.29. The zero-order valence-electron chi connectivity index (χ0n) is 13.1. The second-order valence-corrected chi connectivity index (χ2v) is 5.72. The molecule has 122 valence electrons. The van der Waals surface area contributed by atoms with Gasteiger partial charge in [0.25, 0.3) is 5.91 Å². The third-order valence-electron chi connectivity index (χ3n) is 3.85. The van der Waals surface area contributed by atoms with Crippen LogP contribution in [0.4, 0.5) is 4.39 Å². The molecule has 0 unspecified atom stereocenters. The van der Waals surface area contributed by atoms with Crippen LogP contribution in [0, 0.1) is 5.82 Å². The predicted octanol–water partition coefficient (Wildman–Crippen LogP) is 2.66. The number of rotatable bonds is 7. The number of benzene rings is 1. The van der Waals surface area contributed by atoms with E-state index >= 15 is 0 Å². The van der Waals surface area contributed by atoms with Gasteiger partial charge in [0.05, 0.1) is 5.69 Å². The molecule has 1 aromatic carbocycles. The molecule has 2 aromatic rings. The van der Waals surface area contributed by atoms with Gasteiger partial charge in [-0.15, -0.1) is 0 Å². The summed E-state index contributed by atoms with van der Waals surface area (Å²) >= 11 is 0. The second kappa shape index (κ2) is 6.91. The van der Waals surface area contributed by atoms with E-state index < -0.39 is 0 Å². The molecule has 1 heterocycles. The first-order chi connectivity index (χ1) is 11.2. The fourth-order valence-corrected chi connectivity index (χ4v) is 2.47. The molecule has 1 fully saturated rings. The average Bonchev–Trinajstić information content (AvgIpc) is 3.31. The van der Waals surface area contributed by atoms with Crippen LogP contribution in [-0.2, 0) is 4.74 Å². The van der Waals surface area contributed by atoms with Gasteiger partial charge < -0.3 is 10.1 Å². The lowest BCUT2D eigenvalue weighted by Crippen LogP contribution is -2.25. The van der Waals surface area contributed by atoms with E-state index in [1.165, 1.54) is 12.1 Å². The lowest BCUT2D eigenvalue weighted by Gasteiger charge is -2.06. The van der Waals surface area contributed by atoms with Crippen LogP contribution < -0.4 is 5.32 Å². The molecule has 0 bridgehead atoms. The van der Waals surface area contributed by atoms with Crippen LogP contribution in [0.3, 0.4) is 0 Å². The molecule has 0 spiro atoms. The van der Waals surface area contributed by atoms with E-state index in [-0.39, 0.29) is 11.7 Å². The number of aromatic nitrogens is 2. The Labute approximate surface area is 134 Å². The fraction of sp³-hybridized carbons (Fsp3) is 0.412. The van der Waals surface area contributed by atoms with E-state index in [1.807, 2.05) is 6.07 Å². The zero-order valence-corrected chi connectivity index (χ0v) is 13.1. The Bertz CT molecular complexity index is 678. The van der Waals surface area contributed by atoms with Gasteiger partial charge in [0.15, 0.2) is 5.69 Å². The molecule has 1 amide bonds. The summed E-state index contributed by atoms with van der Waals surface area (Å²) in [4.78, 5) is 12.2. The molecule has 1 aliphatic rings. The summed E-state index contributed by atoms with van der Waals surface area (Å²) in [5.41, 5.74) is 2.18. The number of nitrogens with zero attached hydrogens (tertiary/aromatic N) is 2. The normalized spacial score (nSPS) is 14.0. The van der Waals surface area contributed by atoms with E-state index in [9.17, 15) is 9.18 Å². The molecule has 5 nitrogen and oxygen atoms in total. The highest BCUT2D eigenvalue weighted by atomic mass is 19.1. The average molecular weight is 317 g/mol. The smallest absolute Gasteiger partial charge is 0.271 e. The molecule has 23 heavy (non-hydrogen) atoms. The first kappa shape index (κ1) is 15.7. The maximum Gasteiger partial charge on any atom is 0.271 e. The monoisotopic (exact) mass is 317 g/mol. The Morgan fingerprint density at radius 2 is 2.13 bits per heavy atom. The van der Waals surface area contributed by atoms with Gasteiger partial charge in [-0.2, -0.15) is 5.10 Å². The van der Waals surface area contributed by atoms with Crippen LogP contribution in [-0.4, -0.2) is 35.9 Å². The summed E-state index contributed by atoms with van der Waals surface area (Å²) in [5.74, 6) is -0.0450. The van der Waals surface area contributed by atoms with Gasteiger partial charge in [-0.1, -0.05) is 0 Å². The maximum atomic E-state index is 13.1. The molecule has 0 radical (unpaired) electrons. The number of hydrogen-bond donors (Lipinski definition) is 1. The SMILES string of the molecule is COCCCNC(=O)c1cc(C2CC2)n(-c2ccc(F)cc2)n1. The quantitative estimate of drug-likeness (QED) is 0.799. The van der Waals surface area contributed by atoms with Gasteiger partial charge in [-0.25, -0.2) is 9.07 Å². The number of amides is 1. The Balaban J connectivity index is 1.78. The molecular weight excluding hydrogens is 297 g/mol. The van der Waals surface area contributed by atoms with Crippen LogP contribution in [0.25, 0.3) is 5.69 Å². The summed E-state index contributed by atoms with van der Waals surface area (Å²) in [6.07, 6.45) is 2.96. The van der Waals surface area contributed by atoms with Gasteiger partial charge in [-0.3, -0.25) is 4.79 Å². The van der Waals surface area contributed by atoms with E-state index in [4.69, 9.17) is 4.74 Å². The largest absolute Gasteiger partial charge is 0.385 e. The van der Waals surface area contributed by atoms with Crippen molar-refractivity contribution in [2.75, 3.05) is 20.3 Å². The summed E-state index contributed by atoms with van der Waals surface area (Å²) in [6, 6.07) is 7.99. The van der Waals surface area contributed by atoms with Crippen molar-refractivity contribution in [3.05, 3.63) is 47.5 Å². The number of ether oxygens (including phenoxy) is 1. The molecular formula is C17H20FN3O2. The molecule has 3 rings (SSSR count). The van der Waals surface area contributed by atoms with E-state index in [2.05, 4.69) is 10.4 Å². The number of halogens is 1. The fourth-order valence-electron chi connectivity index (χ4n) is 2.47. The van der Waals surface area contributed by atoms with Crippen LogP contribution in [0.2, 0.25) is 0 Å². The summed E-state index contributed by atoms with van der Waals surface area (Å²) in [5, 5.41) is 7.26. The highest BCUT2D eigenvalue weighted by Crippen LogP contribution is 2.41. The maximum absolute atomic E-state index is 13.1. The Kier molecular flexibility index (Phi) is 4.71. The molecule has 1 aliphatic carbocycles. The first-order valence-electron chi connectivity index (χ1n) is 7.82. The van der Waals surface area contributed by atoms with Gasteiger partial charge in [0.2, 0.25) is 0 Å². The topological polar surface area (TPSA) is 56.1 Å². The second-order valence-electron chi connectivity index (χ2n) is 5.72. The predicted molar refractivity (Wildman–Crippen MR) is 84.3 cm³/mol. The van der Waals surface area contributed by atoms with E-state index in [1.54, 1.807) is 23.9 Å². The summed E-state index contributed by atoms with van der Waals surface area (Å²) in [7, 11) is 1.63. The van der Waals surface area contributed by atoms with Crippen LogP contribution in [0.1, 0.15) is 41.4 Å². The van der Waals surface area contributed by atoms with E-state index in [0.29, 0.717) is 24.8 Å². The van der Waals surface area contributed by atoms with Gasteiger partial charge in [0.1, 0.15) is 5.82 Å². The molecule has 0 atom stereocenters. The van der Waals surface area contributed by atoms with Crippen molar-refractivity contribution >= 4 is 5.91 Å². The van der Waals surface area contributed by atoms with Crippen molar-refractivity contribution in [1.29, 1.82) is 0 Å². The lowest BCUT2D eigenvalue weighted by molar-refractivity contribution is 0.0943. The Hall–Kier alpha value is -2.21. The van der Waals surface area contributed by atoms with Gasteiger partial charge >= 0.3 is 0 Å². The molecule has 0 aliphatic heterocycles. The number of hydrogen-bond acceptors (Lipinski definition) is 3. The van der Waals surface area contributed by atoms with Crippen LogP contribution in [0.5, 0.6) is 0 Å². The standard InChI is InChI=1S/C17H20FN3O2/c1-23-10-2-9-19-17(22)15-11-16(12-3-4-12)21(20-15)14-7-5-13(18)6-8-14/h5-8,11-12H,2-4,9-10H2,1H3,(H,19,22). The highest BCUT2D eigenvalue weighted by molar-refractivity contribution is 5.92. The minimum absolute atomic E-state index is 0.191. The third-order valence-corrected chi connectivity index (χ3v) is 3.85. The lowest BCUT2D eigenvalue weighted by atomic mass is 10.2. The zero-order chi connectivity index (χ0) is 16.2. The van der Waals surface area contributed by atoms with Crippen molar-refractivity contribution in [3.8, 4) is 5.69 Å². The van der Waals surface area contributed by atoms with E-state index in [0.717, 1.165) is 30.6 Å². The Morgan fingerprint density at radius 1 is 1.39 bits per heavy atom. The number of carbonyl (C=O) groups is 1. The third kappa shape index (κ3) is 3.76. The van der Waals surface area contributed by atoms with Crippen molar-refractivity contribution in [2.24, 2.45) is 0 Å². The summed E-state index contributed by atoms with van der Waals surface area (Å²) in [6.45, 7) is 1.16. The van der Waals surface area contributed by atoms with Crippen molar-refractivity contribution in [1.82, 2.24) is 15.1 Å². The molecule has 6 heteroatoms. The minimum atomic E-state index is -0.287. The molecule has 1 saturated carbocycles. The number of nitrogens with one attached hydrogen (secondary N) is 1. The summed E-state index contributed by atoms with van der Waals surface area (Å²) < 4.78 is 19.8. The van der Waals surface area contributed by atoms with Gasteiger partial charge in [-0.05, 0) is 49.6 Å². The van der Waals surface area contributed by atoms with Crippen molar-refractivity contribution in [3.63, 3.8) is 0 Å². The van der Waals surface area contributed by atoms with Crippen LogP contribution >= 0.6 is 0 Å². The number of methoxy groups -OCH3 is 1.